The maximum absolute atomic E-state index is 12.6. The number of nitrogens with zero attached hydrogens (tertiary/aromatic N) is 3. The Hall–Kier alpha value is -1.77. The molecular weight excluding hydrogens is 356 g/mol. The van der Waals surface area contributed by atoms with Crippen molar-refractivity contribution < 1.29 is 23.4 Å². The topological polar surface area (TPSA) is 56.3 Å². The van der Waals surface area contributed by atoms with E-state index in [4.69, 9.17) is 9.84 Å². The highest BCUT2D eigenvalue weighted by atomic mass is 19.3. The SMILES string of the molecule is O=C(CN(CCO)CC(F)F)N1CCN(Cc2ccc3c(c2)CCO3)CC1. The first-order valence-corrected chi connectivity index (χ1v) is 9.41. The number of carbonyl (C=O) groups excluding carboxylic acids is 1. The Balaban J connectivity index is 1.46. The van der Waals surface area contributed by atoms with Crippen LogP contribution in [0, 0.1) is 0 Å². The van der Waals surface area contributed by atoms with Gasteiger partial charge in [-0.3, -0.25) is 14.6 Å². The van der Waals surface area contributed by atoms with Gasteiger partial charge in [0.05, 0.1) is 26.3 Å². The first-order chi connectivity index (χ1) is 13.0. The number of aliphatic hydroxyl groups is 1. The highest BCUT2D eigenvalue weighted by Crippen LogP contribution is 2.26. The van der Waals surface area contributed by atoms with Gasteiger partial charge in [0, 0.05) is 45.7 Å². The summed E-state index contributed by atoms with van der Waals surface area (Å²) in [4.78, 5) is 17.7. The van der Waals surface area contributed by atoms with Crippen molar-refractivity contribution in [2.75, 3.05) is 59.0 Å². The van der Waals surface area contributed by atoms with Crippen LogP contribution in [0.3, 0.4) is 0 Å². The number of fused-ring (bicyclic) bond motifs is 1. The molecule has 1 aromatic carbocycles. The van der Waals surface area contributed by atoms with Crippen molar-refractivity contribution in [3.8, 4) is 5.75 Å². The third-order valence-electron chi connectivity index (χ3n) is 5.06. The highest BCUT2D eigenvalue weighted by molar-refractivity contribution is 5.78. The summed E-state index contributed by atoms with van der Waals surface area (Å²) < 4.78 is 30.7. The van der Waals surface area contributed by atoms with E-state index in [-0.39, 0.29) is 25.6 Å². The summed E-state index contributed by atoms with van der Waals surface area (Å²) in [5.41, 5.74) is 2.49. The Kier molecular flexibility index (Phi) is 6.98. The fourth-order valence-electron chi connectivity index (χ4n) is 3.61. The van der Waals surface area contributed by atoms with E-state index in [2.05, 4.69) is 17.0 Å². The lowest BCUT2D eigenvalue weighted by molar-refractivity contribution is -0.134. The highest BCUT2D eigenvalue weighted by Gasteiger charge is 2.24. The van der Waals surface area contributed by atoms with Crippen LogP contribution in [-0.2, 0) is 17.8 Å². The Labute approximate surface area is 158 Å². The lowest BCUT2D eigenvalue weighted by Crippen LogP contribution is -2.51. The van der Waals surface area contributed by atoms with E-state index in [0.29, 0.717) is 13.1 Å². The number of aliphatic hydroxyl groups excluding tert-OH is 1. The molecular formula is C19H27F2N3O3. The second-order valence-electron chi connectivity index (χ2n) is 7.05. The quantitative estimate of drug-likeness (QED) is 0.721. The number of ether oxygens (including phenoxy) is 1. The lowest BCUT2D eigenvalue weighted by atomic mass is 10.1. The standard InChI is InChI=1S/C19H27F2N3O3/c20-18(21)13-23(8-9-25)14-19(26)24-6-4-22(5-7-24)12-15-1-2-17-16(11-15)3-10-27-17/h1-2,11,18,25H,3-10,12-14H2. The average molecular weight is 383 g/mol. The third kappa shape index (κ3) is 5.60. The summed E-state index contributed by atoms with van der Waals surface area (Å²) >= 11 is 0. The van der Waals surface area contributed by atoms with Gasteiger partial charge in [-0.2, -0.15) is 0 Å². The molecule has 0 spiro atoms. The normalized spacial score (nSPS) is 17.4. The molecule has 0 atom stereocenters. The van der Waals surface area contributed by atoms with E-state index < -0.39 is 13.0 Å². The molecule has 8 heteroatoms. The van der Waals surface area contributed by atoms with Crippen LogP contribution < -0.4 is 4.74 Å². The van der Waals surface area contributed by atoms with Crippen molar-refractivity contribution in [1.82, 2.24) is 14.7 Å². The van der Waals surface area contributed by atoms with Crippen molar-refractivity contribution in [1.29, 1.82) is 0 Å². The van der Waals surface area contributed by atoms with Crippen molar-refractivity contribution in [2.45, 2.75) is 19.4 Å². The first kappa shape index (κ1) is 20.0. The minimum Gasteiger partial charge on any atom is -0.493 e. The van der Waals surface area contributed by atoms with Gasteiger partial charge in [0.2, 0.25) is 5.91 Å². The van der Waals surface area contributed by atoms with Gasteiger partial charge in [-0.25, -0.2) is 8.78 Å². The summed E-state index contributed by atoms with van der Waals surface area (Å²) in [6.45, 7) is 3.56. The minimum absolute atomic E-state index is 0.0737. The smallest absolute Gasteiger partial charge is 0.251 e. The summed E-state index contributed by atoms with van der Waals surface area (Å²) in [6.07, 6.45) is -1.56. The molecule has 0 bridgehead atoms. The van der Waals surface area contributed by atoms with Crippen LogP contribution in [-0.4, -0.2) is 91.2 Å². The van der Waals surface area contributed by atoms with Crippen LogP contribution in [0.15, 0.2) is 18.2 Å². The maximum Gasteiger partial charge on any atom is 0.251 e. The molecule has 2 heterocycles. The van der Waals surface area contributed by atoms with Crippen LogP contribution in [0.1, 0.15) is 11.1 Å². The number of hydrogen-bond acceptors (Lipinski definition) is 5. The van der Waals surface area contributed by atoms with E-state index in [1.807, 2.05) is 6.07 Å². The van der Waals surface area contributed by atoms with Gasteiger partial charge in [-0.15, -0.1) is 0 Å². The summed E-state index contributed by atoms with van der Waals surface area (Å²) in [7, 11) is 0. The minimum atomic E-state index is -2.51. The van der Waals surface area contributed by atoms with E-state index >= 15 is 0 Å². The molecule has 150 valence electrons. The molecule has 1 aromatic rings. The maximum atomic E-state index is 12.6. The van der Waals surface area contributed by atoms with Crippen molar-refractivity contribution in [3.63, 3.8) is 0 Å². The zero-order chi connectivity index (χ0) is 19.2. The molecule has 0 unspecified atom stereocenters. The van der Waals surface area contributed by atoms with Gasteiger partial charge in [0.1, 0.15) is 5.75 Å². The molecule has 0 radical (unpaired) electrons. The fourth-order valence-corrected chi connectivity index (χ4v) is 3.61. The molecule has 1 N–H and O–H groups in total. The second-order valence-corrected chi connectivity index (χ2v) is 7.05. The third-order valence-corrected chi connectivity index (χ3v) is 5.06. The van der Waals surface area contributed by atoms with Crippen molar-refractivity contribution in [2.24, 2.45) is 0 Å². The molecule has 3 rings (SSSR count). The number of halogens is 2. The Morgan fingerprint density at radius 3 is 2.74 bits per heavy atom. The van der Waals surface area contributed by atoms with E-state index in [1.54, 1.807) is 4.90 Å². The molecule has 6 nitrogen and oxygen atoms in total. The van der Waals surface area contributed by atoms with Crippen LogP contribution in [0.5, 0.6) is 5.75 Å². The van der Waals surface area contributed by atoms with Crippen LogP contribution in [0.25, 0.3) is 0 Å². The number of amides is 1. The van der Waals surface area contributed by atoms with Gasteiger partial charge >= 0.3 is 0 Å². The Morgan fingerprint density at radius 1 is 1.26 bits per heavy atom. The fraction of sp³-hybridized carbons (Fsp3) is 0.632. The molecule has 2 aliphatic rings. The molecule has 27 heavy (non-hydrogen) atoms. The van der Waals surface area contributed by atoms with Gasteiger partial charge < -0.3 is 14.7 Å². The van der Waals surface area contributed by atoms with Crippen LogP contribution >= 0.6 is 0 Å². The van der Waals surface area contributed by atoms with E-state index in [1.165, 1.54) is 16.0 Å². The summed E-state index contributed by atoms with van der Waals surface area (Å²) in [6, 6.07) is 6.30. The van der Waals surface area contributed by atoms with Gasteiger partial charge in [0.15, 0.2) is 0 Å². The average Bonchev–Trinajstić information content (AvgIpc) is 3.09. The van der Waals surface area contributed by atoms with Crippen LogP contribution in [0.4, 0.5) is 8.78 Å². The second kappa shape index (κ2) is 9.43. The predicted molar refractivity (Wildman–Crippen MR) is 97.0 cm³/mol. The van der Waals surface area contributed by atoms with Gasteiger partial charge in [-0.05, 0) is 17.2 Å². The molecule has 0 saturated carbocycles. The molecule has 0 aromatic heterocycles. The predicted octanol–water partition coefficient (Wildman–Crippen LogP) is 0.825. The number of carbonyl (C=O) groups is 1. The molecule has 1 saturated heterocycles. The zero-order valence-corrected chi connectivity index (χ0v) is 15.4. The Bertz CT molecular complexity index is 637. The molecule has 1 fully saturated rings. The number of hydrogen-bond donors (Lipinski definition) is 1. The zero-order valence-electron chi connectivity index (χ0n) is 15.4. The van der Waals surface area contributed by atoms with Crippen LogP contribution in [0.2, 0.25) is 0 Å². The number of alkyl halides is 2. The summed E-state index contributed by atoms with van der Waals surface area (Å²) in [5, 5.41) is 8.98. The first-order valence-electron chi connectivity index (χ1n) is 9.41. The number of benzene rings is 1. The Morgan fingerprint density at radius 2 is 2.04 bits per heavy atom. The number of rotatable bonds is 8. The molecule has 2 aliphatic heterocycles. The largest absolute Gasteiger partial charge is 0.493 e. The number of piperazine rings is 1. The van der Waals surface area contributed by atoms with Gasteiger partial charge in [0.25, 0.3) is 6.43 Å². The van der Waals surface area contributed by atoms with Crippen molar-refractivity contribution >= 4 is 5.91 Å². The summed E-state index contributed by atoms with van der Waals surface area (Å²) in [5.74, 6) is 0.823. The molecule has 0 aliphatic carbocycles. The van der Waals surface area contributed by atoms with E-state index in [0.717, 1.165) is 38.4 Å². The monoisotopic (exact) mass is 383 g/mol. The van der Waals surface area contributed by atoms with Crippen molar-refractivity contribution in [3.05, 3.63) is 29.3 Å². The lowest BCUT2D eigenvalue weighted by Gasteiger charge is -2.35. The van der Waals surface area contributed by atoms with Gasteiger partial charge in [-0.1, -0.05) is 12.1 Å². The van der Waals surface area contributed by atoms with E-state index in [9.17, 15) is 13.6 Å². The molecule has 1 amide bonds.